The van der Waals surface area contributed by atoms with E-state index in [2.05, 4.69) is 32.0 Å². The Morgan fingerprint density at radius 1 is 1.07 bits per heavy atom. The van der Waals surface area contributed by atoms with Crippen molar-refractivity contribution in [1.29, 1.82) is 0 Å². The van der Waals surface area contributed by atoms with Gasteiger partial charge < -0.3 is 14.6 Å². The van der Waals surface area contributed by atoms with Gasteiger partial charge in [-0.25, -0.2) is 4.98 Å². The summed E-state index contributed by atoms with van der Waals surface area (Å²) in [5.74, 6) is 0.755. The number of aromatic amines is 1. The molecule has 2 heterocycles. The number of ether oxygens (including phenoxy) is 1. The van der Waals surface area contributed by atoms with E-state index in [-0.39, 0.29) is 5.91 Å². The molecule has 5 nitrogen and oxygen atoms in total. The number of hydrogen-bond donors (Lipinski definition) is 1. The van der Waals surface area contributed by atoms with Crippen LogP contribution in [0.25, 0.3) is 33.3 Å². The summed E-state index contributed by atoms with van der Waals surface area (Å²) >= 11 is 3.48. The number of para-hydroxylation sites is 1. The van der Waals surface area contributed by atoms with Gasteiger partial charge in [0.2, 0.25) is 0 Å². The summed E-state index contributed by atoms with van der Waals surface area (Å²) in [6.07, 6.45) is 3.76. The minimum Gasteiger partial charge on any atom is -0.496 e. The Hall–Kier alpha value is -3.12. The highest BCUT2D eigenvalue weighted by atomic mass is 79.9. The lowest BCUT2D eigenvalue weighted by molar-refractivity contribution is 0.0827. The number of aromatic nitrogens is 2. The lowest BCUT2D eigenvalue weighted by atomic mass is 10.0. The predicted molar refractivity (Wildman–Crippen MR) is 119 cm³/mol. The number of H-pyrrole nitrogens is 1. The van der Waals surface area contributed by atoms with Gasteiger partial charge >= 0.3 is 0 Å². The number of nitrogens with one attached hydrogen (secondary N) is 1. The van der Waals surface area contributed by atoms with Crippen LogP contribution < -0.4 is 4.74 Å². The van der Waals surface area contributed by atoms with Gasteiger partial charge in [0, 0.05) is 53.0 Å². The van der Waals surface area contributed by atoms with Gasteiger partial charge in [-0.15, -0.1) is 0 Å². The third-order valence-corrected chi connectivity index (χ3v) is 5.56. The average molecular weight is 450 g/mol. The molecule has 0 fully saturated rings. The van der Waals surface area contributed by atoms with Gasteiger partial charge in [-0.05, 0) is 45.8 Å². The topological polar surface area (TPSA) is 58.2 Å². The number of nitrogens with zero attached hydrogens (tertiary/aromatic N) is 2. The molecule has 0 aliphatic rings. The molecule has 0 radical (unpaired) electrons. The number of halogens is 1. The molecular formula is C23H20BrN3O2. The zero-order valence-electron chi connectivity index (χ0n) is 16.4. The quantitative estimate of drug-likeness (QED) is 0.455. The van der Waals surface area contributed by atoms with Crippen LogP contribution in [0.5, 0.6) is 5.75 Å². The van der Waals surface area contributed by atoms with Crippen LogP contribution in [0.1, 0.15) is 10.4 Å². The zero-order chi connectivity index (χ0) is 20.5. The Balaban J connectivity index is 1.85. The molecule has 0 spiro atoms. The highest BCUT2D eigenvalue weighted by Crippen LogP contribution is 2.36. The molecule has 2 aromatic heterocycles. The number of rotatable bonds is 4. The maximum Gasteiger partial charge on any atom is 0.254 e. The Morgan fingerprint density at radius 3 is 2.62 bits per heavy atom. The van der Waals surface area contributed by atoms with Gasteiger partial charge in [-0.1, -0.05) is 24.3 Å². The van der Waals surface area contributed by atoms with Crippen LogP contribution in [0.2, 0.25) is 0 Å². The minimum atomic E-state index is -0.0517. The van der Waals surface area contributed by atoms with Crippen LogP contribution >= 0.6 is 15.9 Å². The van der Waals surface area contributed by atoms with Crippen molar-refractivity contribution in [3.63, 3.8) is 0 Å². The fourth-order valence-electron chi connectivity index (χ4n) is 3.36. The molecule has 0 unspecified atom stereocenters. The molecule has 4 rings (SSSR count). The van der Waals surface area contributed by atoms with E-state index in [0.29, 0.717) is 5.56 Å². The number of amides is 1. The maximum absolute atomic E-state index is 12.5. The number of carbonyl (C=O) groups is 1. The Morgan fingerprint density at radius 2 is 1.86 bits per heavy atom. The van der Waals surface area contributed by atoms with E-state index in [1.807, 2.05) is 54.9 Å². The molecule has 2 aromatic carbocycles. The van der Waals surface area contributed by atoms with Crippen LogP contribution in [-0.2, 0) is 0 Å². The monoisotopic (exact) mass is 449 g/mol. The number of pyridine rings is 1. The molecule has 4 aromatic rings. The molecule has 0 aliphatic carbocycles. The molecule has 6 heteroatoms. The number of carbonyl (C=O) groups excluding carboxylic acids is 1. The molecule has 0 aliphatic heterocycles. The van der Waals surface area contributed by atoms with E-state index in [1.54, 1.807) is 26.1 Å². The van der Waals surface area contributed by atoms with E-state index in [4.69, 9.17) is 4.74 Å². The third-order valence-electron chi connectivity index (χ3n) is 4.86. The van der Waals surface area contributed by atoms with Crippen LogP contribution in [0.4, 0.5) is 0 Å². The van der Waals surface area contributed by atoms with E-state index in [0.717, 1.165) is 43.5 Å². The second kappa shape index (κ2) is 7.72. The van der Waals surface area contributed by atoms with Crippen molar-refractivity contribution in [2.45, 2.75) is 0 Å². The first-order valence-electron chi connectivity index (χ1n) is 9.11. The lowest BCUT2D eigenvalue weighted by Gasteiger charge is -2.13. The second-order valence-electron chi connectivity index (χ2n) is 6.92. The second-order valence-corrected chi connectivity index (χ2v) is 7.77. The number of benzene rings is 2. The summed E-state index contributed by atoms with van der Waals surface area (Å²) in [5, 5.41) is 0.996. The number of hydrogen-bond acceptors (Lipinski definition) is 3. The normalized spacial score (nSPS) is 10.9. The molecular weight excluding hydrogens is 430 g/mol. The SMILES string of the molecule is COc1ccccc1-c1c[nH]c2ncc(-c3ccc(Br)c(C(=O)N(C)C)c3)cc12. The molecule has 0 saturated carbocycles. The van der Waals surface area contributed by atoms with Gasteiger partial charge in [-0.2, -0.15) is 0 Å². The fraction of sp³-hybridized carbons (Fsp3) is 0.130. The molecule has 1 amide bonds. The van der Waals surface area contributed by atoms with Crippen LogP contribution in [0.15, 0.2) is 65.4 Å². The highest BCUT2D eigenvalue weighted by Gasteiger charge is 2.15. The van der Waals surface area contributed by atoms with E-state index in [9.17, 15) is 4.79 Å². The summed E-state index contributed by atoms with van der Waals surface area (Å²) in [6, 6.07) is 15.8. The maximum atomic E-state index is 12.5. The molecule has 0 bridgehead atoms. The van der Waals surface area contributed by atoms with Crippen molar-refractivity contribution >= 4 is 32.9 Å². The smallest absolute Gasteiger partial charge is 0.254 e. The van der Waals surface area contributed by atoms with Crippen molar-refractivity contribution in [2.24, 2.45) is 0 Å². The molecule has 146 valence electrons. The summed E-state index contributed by atoms with van der Waals surface area (Å²) in [7, 11) is 5.16. The average Bonchev–Trinajstić information content (AvgIpc) is 3.16. The third kappa shape index (κ3) is 3.51. The first-order chi connectivity index (χ1) is 14.0. The summed E-state index contributed by atoms with van der Waals surface area (Å²) < 4.78 is 6.30. The summed E-state index contributed by atoms with van der Waals surface area (Å²) in [6.45, 7) is 0. The summed E-state index contributed by atoms with van der Waals surface area (Å²) in [4.78, 5) is 21.9. The van der Waals surface area contributed by atoms with Crippen molar-refractivity contribution in [2.75, 3.05) is 21.2 Å². The predicted octanol–water partition coefficient (Wildman–Crippen LogP) is 5.37. The van der Waals surface area contributed by atoms with E-state index >= 15 is 0 Å². The first-order valence-corrected chi connectivity index (χ1v) is 9.91. The van der Waals surface area contributed by atoms with Gasteiger partial charge in [0.25, 0.3) is 5.91 Å². The van der Waals surface area contributed by atoms with Gasteiger partial charge in [0.05, 0.1) is 12.7 Å². The van der Waals surface area contributed by atoms with Crippen molar-refractivity contribution in [1.82, 2.24) is 14.9 Å². The van der Waals surface area contributed by atoms with Gasteiger partial charge in [-0.3, -0.25) is 4.79 Å². The lowest BCUT2D eigenvalue weighted by Crippen LogP contribution is -2.22. The van der Waals surface area contributed by atoms with Gasteiger partial charge in [0.1, 0.15) is 11.4 Å². The minimum absolute atomic E-state index is 0.0517. The largest absolute Gasteiger partial charge is 0.496 e. The highest BCUT2D eigenvalue weighted by molar-refractivity contribution is 9.10. The standard InChI is InChI=1S/C23H20BrN3O2/c1-27(2)23(28)18-10-14(8-9-20(18)24)15-11-17-19(13-26-22(17)25-12-15)16-6-4-5-7-21(16)29-3/h4-13H,1-3H3,(H,25,26). The fourth-order valence-corrected chi connectivity index (χ4v) is 3.78. The van der Waals surface area contributed by atoms with Crippen molar-refractivity contribution < 1.29 is 9.53 Å². The van der Waals surface area contributed by atoms with Crippen LogP contribution in [0.3, 0.4) is 0 Å². The molecule has 0 saturated heterocycles. The zero-order valence-corrected chi connectivity index (χ0v) is 17.9. The Bertz CT molecular complexity index is 1210. The van der Waals surface area contributed by atoms with Crippen LogP contribution in [0, 0.1) is 0 Å². The van der Waals surface area contributed by atoms with E-state index in [1.165, 1.54) is 0 Å². The van der Waals surface area contributed by atoms with Crippen molar-refractivity contribution in [3.8, 4) is 28.0 Å². The number of fused-ring (bicyclic) bond motifs is 1. The molecule has 29 heavy (non-hydrogen) atoms. The van der Waals surface area contributed by atoms with Crippen LogP contribution in [-0.4, -0.2) is 42.0 Å². The van der Waals surface area contributed by atoms with E-state index < -0.39 is 0 Å². The first kappa shape index (κ1) is 19.2. The summed E-state index contributed by atoms with van der Waals surface area (Å²) in [5.41, 5.74) is 5.31. The molecule has 1 N–H and O–H groups in total. The Kier molecular flexibility index (Phi) is 5.11. The number of methoxy groups -OCH3 is 1. The van der Waals surface area contributed by atoms with Crippen molar-refractivity contribution in [3.05, 3.63) is 71.0 Å². The van der Waals surface area contributed by atoms with Gasteiger partial charge in [0.15, 0.2) is 0 Å². The Labute approximate surface area is 177 Å². The molecule has 0 atom stereocenters.